The highest BCUT2D eigenvalue weighted by Gasteiger charge is 2.29. The van der Waals surface area contributed by atoms with Crippen LogP contribution in [0, 0.1) is 6.92 Å². The second-order valence-corrected chi connectivity index (χ2v) is 4.72. The Labute approximate surface area is 115 Å². The number of esters is 1. The number of aromatic nitrogens is 5. The Kier molecular flexibility index (Phi) is 3.21. The van der Waals surface area contributed by atoms with Gasteiger partial charge < -0.3 is 9.26 Å². The van der Waals surface area contributed by atoms with Gasteiger partial charge in [0.25, 0.3) is 0 Å². The van der Waals surface area contributed by atoms with Gasteiger partial charge in [-0.25, -0.2) is 9.48 Å². The number of rotatable bonds is 5. The summed E-state index contributed by atoms with van der Waals surface area (Å²) in [6.07, 6.45) is 2.24. The summed E-state index contributed by atoms with van der Waals surface area (Å²) < 4.78 is 11.6. The molecule has 8 nitrogen and oxygen atoms in total. The Balaban J connectivity index is 1.75. The van der Waals surface area contributed by atoms with Crippen LogP contribution >= 0.6 is 0 Å². The van der Waals surface area contributed by atoms with Gasteiger partial charge in [-0.15, -0.1) is 5.10 Å². The molecule has 0 spiro atoms. The van der Waals surface area contributed by atoms with E-state index in [-0.39, 0.29) is 5.69 Å². The van der Waals surface area contributed by atoms with Crippen LogP contribution in [0.2, 0.25) is 0 Å². The fraction of sp³-hybridized carbons (Fsp3) is 0.583. The van der Waals surface area contributed by atoms with Crippen molar-refractivity contribution < 1.29 is 14.1 Å². The zero-order valence-corrected chi connectivity index (χ0v) is 11.4. The van der Waals surface area contributed by atoms with Crippen LogP contribution in [0.3, 0.4) is 0 Å². The minimum absolute atomic E-state index is 0.216. The van der Waals surface area contributed by atoms with Crippen molar-refractivity contribution in [3.05, 3.63) is 23.1 Å². The average molecular weight is 277 g/mol. The molecule has 2 aromatic heterocycles. The minimum Gasteiger partial charge on any atom is -0.461 e. The number of carbonyl (C=O) groups excluding carboxylic acids is 1. The van der Waals surface area contributed by atoms with Crippen molar-refractivity contribution in [2.75, 3.05) is 6.61 Å². The van der Waals surface area contributed by atoms with E-state index in [0.29, 0.717) is 30.7 Å². The maximum absolute atomic E-state index is 11.6. The summed E-state index contributed by atoms with van der Waals surface area (Å²) in [6.45, 7) is 4.11. The number of nitrogens with zero attached hydrogens (tertiary/aromatic N) is 5. The number of ether oxygens (including phenoxy) is 1. The molecule has 20 heavy (non-hydrogen) atoms. The van der Waals surface area contributed by atoms with E-state index in [0.717, 1.165) is 18.7 Å². The van der Waals surface area contributed by atoms with Crippen molar-refractivity contribution in [2.45, 2.75) is 39.2 Å². The molecular weight excluding hydrogens is 262 g/mol. The molecule has 1 aliphatic rings. The third-order valence-electron chi connectivity index (χ3n) is 3.16. The van der Waals surface area contributed by atoms with Gasteiger partial charge in [-0.1, -0.05) is 10.4 Å². The van der Waals surface area contributed by atoms with Gasteiger partial charge in [0.2, 0.25) is 5.89 Å². The summed E-state index contributed by atoms with van der Waals surface area (Å²) in [7, 11) is 0. The third kappa shape index (κ3) is 2.40. The zero-order chi connectivity index (χ0) is 14.1. The lowest BCUT2D eigenvalue weighted by Crippen LogP contribution is -2.09. The second kappa shape index (κ2) is 5.03. The Morgan fingerprint density at radius 2 is 2.30 bits per heavy atom. The molecule has 106 valence electrons. The highest BCUT2D eigenvalue weighted by molar-refractivity contribution is 5.88. The Hall–Kier alpha value is -2.25. The maximum atomic E-state index is 11.6. The van der Waals surface area contributed by atoms with Crippen LogP contribution in [0.4, 0.5) is 0 Å². The lowest BCUT2D eigenvalue weighted by Gasteiger charge is -2.00. The molecule has 1 aliphatic carbocycles. The molecule has 0 bridgehead atoms. The van der Waals surface area contributed by atoms with Crippen LogP contribution in [0.1, 0.15) is 53.6 Å². The standard InChI is InChI=1S/C12H15N5O3/c1-3-19-12(18)10-7(2)17(16-14-10)6-9-13-11(15-20-9)8-4-5-8/h8H,3-6H2,1-2H3. The van der Waals surface area contributed by atoms with Crippen LogP contribution < -0.4 is 0 Å². The van der Waals surface area contributed by atoms with E-state index < -0.39 is 5.97 Å². The molecule has 1 saturated carbocycles. The quantitative estimate of drug-likeness (QED) is 0.754. The zero-order valence-electron chi connectivity index (χ0n) is 11.4. The molecule has 1 fully saturated rings. The molecule has 2 aromatic rings. The van der Waals surface area contributed by atoms with E-state index in [2.05, 4.69) is 20.5 Å². The predicted octanol–water partition coefficient (Wildman–Crippen LogP) is 1.07. The monoisotopic (exact) mass is 277 g/mol. The fourth-order valence-corrected chi connectivity index (χ4v) is 1.87. The van der Waals surface area contributed by atoms with Crippen LogP contribution in [0.25, 0.3) is 0 Å². The molecule has 2 heterocycles. The van der Waals surface area contributed by atoms with Crippen molar-refractivity contribution in [3.63, 3.8) is 0 Å². The summed E-state index contributed by atoms with van der Waals surface area (Å²) >= 11 is 0. The van der Waals surface area contributed by atoms with Crippen molar-refractivity contribution in [2.24, 2.45) is 0 Å². The van der Waals surface area contributed by atoms with Crippen LogP contribution in [0.5, 0.6) is 0 Å². The van der Waals surface area contributed by atoms with Gasteiger partial charge in [0.1, 0.15) is 6.54 Å². The van der Waals surface area contributed by atoms with Gasteiger partial charge in [0.15, 0.2) is 11.5 Å². The molecule has 0 radical (unpaired) electrons. The topological polar surface area (TPSA) is 95.9 Å². The molecule has 0 unspecified atom stereocenters. The van der Waals surface area contributed by atoms with Crippen molar-refractivity contribution in [3.8, 4) is 0 Å². The first-order valence-corrected chi connectivity index (χ1v) is 6.58. The lowest BCUT2D eigenvalue weighted by atomic mass is 10.3. The number of hydrogen-bond donors (Lipinski definition) is 0. The molecule has 3 rings (SSSR count). The smallest absolute Gasteiger partial charge is 0.360 e. The second-order valence-electron chi connectivity index (χ2n) is 4.72. The summed E-state index contributed by atoms with van der Waals surface area (Å²) in [5, 5.41) is 11.7. The highest BCUT2D eigenvalue weighted by atomic mass is 16.5. The third-order valence-corrected chi connectivity index (χ3v) is 3.16. The average Bonchev–Trinajstić information content (AvgIpc) is 3.07. The van der Waals surface area contributed by atoms with Crippen LogP contribution in [-0.2, 0) is 11.3 Å². The van der Waals surface area contributed by atoms with E-state index >= 15 is 0 Å². The number of hydrogen-bond acceptors (Lipinski definition) is 7. The molecule has 0 aromatic carbocycles. The molecule has 0 saturated heterocycles. The van der Waals surface area contributed by atoms with Gasteiger partial charge in [0, 0.05) is 5.92 Å². The molecule has 0 atom stereocenters. The lowest BCUT2D eigenvalue weighted by molar-refractivity contribution is 0.0518. The van der Waals surface area contributed by atoms with Gasteiger partial charge in [-0.3, -0.25) is 0 Å². The van der Waals surface area contributed by atoms with Crippen molar-refractivity contribution in [1.29, 1.82) is 0 Å². The molecule has 8 heteroatoms. The first kappa shape index (κ1) is 12.8. The predicted molar refractivity (Wildman–Crippen MR) is 66.1 cm³/mol. The van der Waals surface area contributed by atoms with Gasteiger partial charge >= 0.3 is 5.97 Å². The first-order valence-electron chi connectivity index (χ1n) is 6.58. The van der Waals surface area contributed by atoms with E-state index in [1.807, 2.05) is 0 Å². The molecule has 0 amide bonds. The summed E-state index contributed by atoms with van der Waals surface area (Å²) in [6, 6.07) is 0. The molecular formula is C12H15N5O3. The van der Waals surface area contributed by atoms with Gasteiger partial charge in [-0.05, 0) is 26.7 Å². The largest absolute Gasteiger partial charge is 0.461 e. The van der Waals surface area contributed by atoms with Crippen LogP contribution in [0.15, 0.2) is 4.52 Å². The summed E-state index contributed by atoms with van der Waals surface area (Å²) in [5.41, 5.74) is 0.836. The van der Waals surface area contributed by atoms with Gasteiger partial charge in [0.05, 0.1) is 12.3 Å². The minimum atomic E-state index is -0.472. The van der Waals surface area contributed by atoms with E-state index in [1.54, 1.807) is 18.5 Å². The van der Waals surface area contributed by atoms with Crippen molar-refractivity contribution >= 4 is 5.97 Å². The molecule has 0 N–H and O–H groups in total. The Morgan fingerprint density at radius 1 is 1.50 bits per heavy atom. The van der Waals surface area contributed by atoms with E-state index in [9.17, 15) is 4.79 Å². The number of carbonyl (C=O) groups is 1. The maximum Gasteiger partial charge on any atom is 0.360 e. The van der Waals surface area contributed by atoms with Crippen LogP contribution in [-0.4, -0.2) is 37.7 Å². The van der Waals surface area contributed by atoms with E-state index in [1.165, 1.54) is 0 Å². The normalized spacial score (nSPS) is 14.5. The first-order chi connectivity index (χ1) is 9.69. The molecule has 0 aliphatic heterocycles. The SMILES string of the molecule is CCOC(=O)c1nnn(Cc2nc(C3CC3)no2)c1C. The Bertz CT molecular complexity index is 629. The highest BCUT2D eigenvalue weighted by Crippen LogP contribution is 2.38. The summed E-state index contributed by atoms with van der Waals surface area (Å²) in [5.74, 6) is 1.19. The van der Waals surface area contributed by atoms with Gasteiger partial charge in [-0.2, -0.15) is 4.98 Å². The van der Waals surface area contributed by atoms with Crippen molar-refractivity contribution in [1.82, 2.24) is 25.1 Å². The fourth-order valence-electron chi connectivity index (χ4n) is 1.87. The Morgan fingerprint density at radius 3 is 3.00 bits per heavy atom. The van der Waals surface area contributed by atoms with E-state index in [4.69, 9.17) is 9.26 Å². The summed E-state index contributed by atoms with van der Waals surface area (Å²) in [4.78, 5) is 16.0.